The molecule has 0 atom stereocenters. The van der Waals surface area contributed by atoms with E-state index in [0.29, 0.717) is 60.9 Å². The van der Waals surface area contributed by atoms with Crippen molar-refractivity contribution in [3.63, 3.8) is 0 Å². The fourth-order valence-electron chi connectivity index (χ4n) is 4.08. The van der Waals surface area contributed by atoms with Crippen molar-refractivity contribution >= 4 is 17.3 Å². The summed E-state index contributed by atoms with van der Waals surface area (Å²) in [4.78, 5) is 21.4. The number of piperazine rings is 1. The molecule has 1 aliphatic heterocycles. The summed E-state index contributed by atoms with van der Waals surface area (Å²) in [5.74, 6) is 0.221. The maximum Gasteiger partial charge on any atom is 0.261 e. The summed E-state index contributed by atoms with van der Waals surface area (Å²) >= 11 is 0. The maximum atomic E-state index is 14.3. The molecule has 1 aliphatic rings. The molecule has 9 heteroatoms. The molecule has 4 rings (SSSR count). The zero-order chi connectivity index (χ0) is 24.8. The van der Waals surface area contributed by atoms with Crippen molar-refractivity contribution in [2.75, 3.05) is 50.6 Å². The van der Waals surface area contributed by atoms with Crippen LogP contribution in [0.1, 0.15) is 21.5 Å². The van der Waals surface area contributed by atoms with Gasteiger partial charge < -0.3 is 19.7 Å². The van der Waals surface area contributed by atoms with E-state index in [1.807, 2.05) is 6.07 Å². The Morgan fingerprint density at radius 3 is 2.63 bits per heavy atom. The SMILES string of the molecule is COc1ccc(F)c(CN2CCN(c3ccc(C#N)cc3NC(=O)c3cccnc3OC)CC2)c1. The zero-order valence-corrected chi connectivity index (χ0v) is 19.6. The Hall–Kier alpha value is -4.16. The number of ether oxygens (including phenoxy) is 2. The maximum absolute atomic E-state index is 14.3. The fourth-order valence-corrected chi connectivity index (χ4v) is 4.08. The zero-order valence-electron chi connectivity index (χ0n) is 19.6. The molecule has 1 saturated heterocycles. The molecule has 1 aromatic heterocycles. The summed E-state index contributed by atoms with van der Waals surface area (Å²) in [6, 6.07) is 15.4. The van der Waals surface area contributed by atoms with Crippen LogP contribution in [-0.4, -0.2) is 56.2 Å². The number of amides is 1. The predicted molar refractivity (Wildman–Crippen MR) is 130 cm³/mol. The van der Waals surface area contributed by atoms with Gasteiger partial charge in [-0.1, -0.05) is 0 Å². The lowest BCUT2D eigenvalue weighted by Crippen LogP contribution is -2.46. The molecule has 0 unspecified atom stereocenters. The number of nitrogens with zero attached hydrogens (tertiary/aromatic N) is 4. The van der Waals surface area contributed by atoms with Crippen molar-refractivity contribution in [2.24, 2.45) is 0 Å². The number of halogens is 1. The molecule has 1 N–H and O–H groups in total. The van der Waals surface area contributed by atoms with Gasteiger partial charge in [-0.05, 0) is 48.5 Å². The first-order valence-corrected chi connectivity index (χ1v) is 11.2. The molecular weight excluding hydrogens is 449 g/mol. The number of hydrogen-bond donors (Lipinski definition) is 1. The van der Waals surface area contributed by atoms with Crippen LogP contribution in [0.15, 0.2) is 54.7 Å². The fraction of sp³-hybridized carbons (Fsp3) is 0.269. The molecule has 8 nitrogen and oxygen atoms in total. The van der Waals surface area contributed by atoms with E-state index in [4.69, 9.17) is 9.47 Å². The van der Waals surface area contributed by atoms with Crippen LogP contribution in [0.3, 0.4) is 0 Å². The van der Waals surface area contributed by atoms with Gasteiger partial charge in [-0.3, -0.25) is 9.69 Å². The average Bonchev–Trinajstić information content (AvgIpc) is 2.90. The minimum Gasteiger partial charge on any atom is -0.497 e. The lowest BCUT2D eigenvalue weighted by atomic mass is 10.1. The summed E-state index contributed by atoms with van der Waals surface area (Å²) in [7, 11) is 3.02. The second kappa shape index (κ2) is 10.8. The highest BCUT2D eigenvalue weighted by Gasteiger charge is 2.22. The van der Waals surface area contributed by atoms with Gasteiger partial charge in [-0.25, -0.2) is 9.37 Å². The lowest BCUT2D eigenvalue weighted by molar-refractivity contribution is 0.102. The van der Waals surface area contributed by atoms with Gasteiger partial charge in [0.2, 0.25) is 5.88 Å². The Bertz CT molecular complexity index is 1250. The summed E-state index contributed by atoms with van der Waals surface area (Å²) in [5, 5.41) is 12.3. The first-order chi connectivity index (χ1) is 17.0. The number of pyridine rings is 1. The highest BCUT2D eigenvalue weighted by atomic mass is 19.1. The van der Waals surface area contributed by atoms with Gasteiger partial charge in [0.05, 0.1) is 37.2 Å². The Balaban J connectivity index is 1.49. The normalized spacial score (nSPS) is 13.7. The molecule has 2 aromatic carbocycles. The van der Waals surface area contributed by atoms with Crippen LogP contribution in [0.4, 0.5) is 15.8 Å². The topological polar surface area (TPSA) is 90.7 Å². The van der Waals surface area contributed by atoms with E-state index in [1.54, 1.807) is 49.7 Å². The Morgan fingerprint density at radius 1 is 1.11 bits per heavy atom. The summed E-state index contributed by atoms with van der Waals surface area (Å²) < 4.78 is 24.7. The number of aromatic nitrogens is 1. The van der Waals surface area contributed by atoms with Gasteiger partial charge in [0.1, 0.15) is 17.1 Å². The molecule has 1 amide bonds. The smallest absolute Gasteiger partial charge is 0.261 e. The second-order valence-electron chi connectivity index (χ2n) is 8.08. The van der Waals surface area contributed by atoms with Crippen molar-refractivity contribution in [3.8, 4) is 17.7 Å². The van der Waals surface area contributed by atoms with Crippen LogP contribution in [0.25, 0.3) is 0 Å². The van der Waals surface area contributed by atoms with Crippen molar-refractivity contribution in [3.05, 3.63) is 77.2 Å². The number of benzene rings is 2. The Labute approximate surface area is 203 Å². The summed E-state index contributed by atoms with van der Waals surface area (Å²) in [6.45, 7) is 3.25. The molecule has 1 fully saturated rings. The number of rotatable bonds is 7. The van der Waals surface area contributed by atoms with E-state index < -0.39 is 0 Å². The van der Waals surface area contributed by atoms with Crippen molar-refractivity contribution in [1.82, 2.24) is 9.88 Å². The minimum absolute atomic E-state index is 0.223. The largest absolute Gasteiger partial charge is 0.497 e. The number of hydrogen-bond acceptors (Lipinski definition) is 7. The predicted octanol–water partition coefficient (Wildman–Crippen LogP) is 3.68. The van der Waals surface area contributed by atoms with E-state index in [2.05, 4.69) is 26.2 Å². The van der Waals surface area contributed by atoms with Crippen molar-refractivity contribution in [2.45, 2.75) is 6.54 Å². The molecule has 3 aromatic rings. The van der Waals surface area contributed by atoms with Crippen LogP contribution < -0.4 is 19.7 Å². The van der Waals surface area contributed by atoms with Gasteiger partial charge in [0.25, 0.3) is 5.91 Å². The Morgan fingerprint density at radius 2 is 1.91 bits per heavy atom. The lowest BCUT2D eigenvalue weighted by Gasteiger charge is -2.37. The van der Waals surface area contributed by atoms with Crippen LogP contribution in [0.5, 0.6) is 11.6 Å². The summed E-state index contributed by atoms with van der Waals surface area (Å²) in [6.07, 6.45) is 1.55. The molecule has 0 bridgehead atoms. The highest BCUT2D eigenvalue weighted by Crippen LogP contribution is 2.30. The van der Waals surface area contributed by atoms with E-state index in [9.17, 15) is 14.4 Å². The van der Waals surface area contributed by atoms with E-state index in [-0.39, 0.29) is 17.6 Å². The van der Waals surface area contributed by atoms with Gasteiger partial charge >= 0.3 is 0 Å². The van der Waals surface area contributed by atoms with E-state index in [1.165, 1.54) is 13.2 Å². The second-order valence-corrected chi connectivity index (χ2v) is 8.08. The molecular formula is C26H26FN5O3. The minimum atomic E-state index is -0.376. The molecule has 180 valence electrons. The number of carbonyl (C=O) groups is 1. The highest BCUT2D eigenvalue weighted by molar-refractivity contribution is 6.07. The molecule has 0 radical (unpaired) electrons. The van der Waals surface area contributed by atoms with Crippen LogP contribution >= 0.6 is 0 Å². The van der Waals surface area contributed by atoms with Gasteiger partial charge in [-0.2, -0.15) is 5.26 Å². The van der Waals surface area contributed by atoms with E-state index >= 15 is 0 Å². The quantitative estimate of drug-likeness (QED) is 0.557. The monoisotopic (exact) mass is 475 g/mol. The van der Waals surface area contributed by atoms with Crippen LogP contribution in [0, 0.1) is 17.1 Å². The molecule has 35 heavy (non-hydrogen) atoms. The standard InChI is InChI=1S/C26H26FN5O3/c1-34-20-6-7-22(27)19(15-20)17-31-10-12-32(13-11-31)24-8-5-18(16-28)14-23(24)30-25(33)21-4-3-9-29-26(21)35-2/h3-9,14-15H,10-13,17H2,1-2H3,(H,30,33). The third-order valence-electron chi connectivity index (χ3n) is 5.94. The third kappa shape index (κ3) is 5.50. The molecule has 2 heterocycles. The number of nitrogens with one attached hydrogen (secondary N) is 1. The summed E-state index contributed by atoms with van der Waals surface area (Å²) in [5.41, 5.74) is 2.68. The average molecular weight is 476 g/mol. The van der Waals surface area contributed by atoms with Crippen LogP contribution in [-0.2, 0) is 6.54 Å². The Kier molecular flexibility index (Phi) is 7.43. The first kappa shape index (κ1) is 24.0. The van der Waals surface area contributed by atoms with Gasteiger partial charge in [-0.15, -0.1) is 0 Å². The number of nitriles is 1. The van der Waals surface area contributed by atoms with Crippen molar-refractivity contribution < 1.29 is 18.7 Å². The molecule has 0 aliphatic carbocycles. The van der Waals surface area contributed by atoms with E-state index in [0.717, 1.165) is 5.69 Å². The first-order valence-electron chi connectivity index (χ1n) is 11.2. The van der Waals surface area contributed by atoms with Crippen LogP contribution in [0.2, 0.25) is 0 Å². The van der Waals surface area contributed by atoms with Crippen molar-refractivity contribution in [1.29, 1.82) is 5.26 Å². The van der Waals surface area contributed by atoms with Gasteiger partial charge in [0, 0.05) is 44.5 Å². The number of methoxy groups -OCH3 is 2. The number of anilines is 2. The molecule has 0 saturated carbocycles. The van der Waals surface area contributed by atoms with Gasteiger partial charge in [0.15, 0.2) is 0 Å². The third-order valence-corrected chi connectivity index (χ3v) is 5.94. The number of carbonyl (C=O) groups excluding carboxylic acids is 1. The molecule has 0 spiro atoms.